The lowest BCUT2D eigenvalue weighted by molar-refractivity contribution is -0.384. The molecule has 2 unspecified atom stereocenters. The Kier molecular flexibility index (Phi) is 30.5. The first-order valence-electron chi connectivity index (χ1n) is 24.3. The van der Waals surface area contributed by atoms with Crippen LogP contribution in [-0.2, 0) is 50.0 Å². The maximum absolute atomic E-state index is 12.7. The van der Waals surface area contributed by atoms with Gasteiger partial charge < -0.3 is 35.3 Å². The van der Waals surface area contributed by atoms with Gasteiger partial charge in [0.15, 0.2) is 12.2 Å². The SMILES string of the molecule is CC(C)CNC[C@H]1O[P+](=O)N(C(=O)O[C@H]2CCOC2)[C@H]1Cc1ccccc1.CC(C)CNC[C@H]1O[P+](=O)N(C(=O)O[C@H]2CCOC2)[C@H]1Cc1ccccc1.Nc1ccc(S)cc1.O=O.O=O.O=[N+]([O-])c1ccc(S)cc1. The minimum Gasteiger partial charge on any atom is -0.441 e. The van der Waals surface area contributed by atoms with E-state index < -0.39 is 33.5 Å². The molecule has 4 saturated heterocycles. The number of hydrogen-bond acceptors (Lipinski definition) is 21. The Morgan fingerprint density at radius 2 is 1.03 bits per heavy atom. The van der Waals surface area contributed by atoms with E-state index in [1.54, 1.807) is 12.1 Å². The van der Waals surface area contributed by atoms with Gasteiger partial charge in [-0.3, -0.25) is 10.1 Å². The number of benzene rings is 4. The molecule has 0 aromatic heterocycles. The van der Waals surface area contributed by atoms with E-state index in [9.17, 15) is 28.8 Å². The lowest BCUT2D eigenvalue weighted by atomic mass is 10.0. The molecule has 414 valence electrons. The third-order valence-electron chi connectivity index (χ3n) is 11.3. The highest BCUT2D eigenvalue weighted by Crippen LogP contribution is 2.45. The first kappa shape index (κ1) is 64.8. The van der Waals surface area contributed by atoms with Crippen molar-refractivity contribution < 1.29 is 51.6 Å². The first-order chi connectivity index (χ1) is 36.6. The summed E-state index contributed by atoms with van der Waals surface area (Å²) in [6.45, 7) is 13.2. The maximum Gasteiger partial charge on any atom is 0.652 e. The van der Waals surface area contributed by atoms with Gasteiger partial charge >= 0.3 is 28.5 Å². The molecule has 0 saturated carbocycles. The summed E-state index contributed by atoms with van der Waals surface area (Å²) in [5.74, 6) is 0.993. The monoisotopic (exact) mass is 1130 g/mol. The summed E-state index contributed by atoms with van der Waals surface area (Å²) in [7, 11) is -4.53. The molecule has 76 heavy (non-hydrogen) atoms. The predicted octanol–water partition coefficient (Wildman–Crippen LogP) is 9.83. The molecule has 0 radical (unpaired) electrons. The average Bonchev–Trinajstić information content (AvgIpc) is 4.24. The van der Waals surface area contributed by atoms with Gasteiger partial charge in [-0.25, -0.2) is 9.59 Å². The van der Waals surface area contributed by atoms with Gasteiger partial charge in [0.1, 0.15) is 24.3 Å². The summed E-state index contributed by atoms with van der Waals surface area (Å²) in [6, 6.07) is 32.4. The van der Waals surface area contributed by atoms with E-state index in [0.717, 1.165) is 39.7 Å². The van der Waals surface area contributed by atoms with Gasteiger partial charge in [-0.1, -0.05) is 97.7 Å². The number of rotatable bonds is 15. The molecule has 8 rings (SSSR count). The number of ether oxygens (including phenoxy) is 4. The second-order valence-corrected chi connectivity index (χ2v) is 21.4. The van der Waals surface area contributed by atoms with Crippen LogP contribution in [0, 0.1) is 41.8 Å². The summed E-state index contributed by atoms with van der Waals surface area (Å²) in [5.41, 5.74) is 8.39. The smallest absolute Gasteiger partial charge is 0.441 e. The fraction of sp³-hybridized carbons (Fsp3) is 0.480. The zero-order chi connectivity index (χ0) is 56.0. The molecule has 4 fully saturated rings. The number of nitrogens with two attached hydrogens (primary N) is 1. The number of amides is 2. The number of nitrogens with zero attached hydrogens (tertiary/aromatic N) is 3. The van der Waals surface area contributed by atoms with Crippen LogP contribution in [0.25, 0.3) is 0 Å². The highest BCUT2D eigenvalue weighted by Gasteiger charge is 2.58. The Labute approximate surface area is 455 Å². The number of anilines is 1. The van der Waals surface area contributed by atoms with Gasteiger partial charge in [0.25, 0.3) is 5.69 Å². The Balaban J connectivity index is 0.000000289. The third-order valence-corrected chi connectivity index (χ3v) is 14.4. The molecular weight excluding hydrogens is 1070 g/mol. The summed E-state index contributed by atoms with van der Waals surface area (Å²) in [4.78, 5) is 64.7. The van der Waals surface area contributed by atoms with Gasteiger partial charge in [-0.05, 0) is 81.6 Å². The summed E-state index contributed by atoms with van der Waals surface area (Å²) >= 11 is 8.05. The van der Waals surface area contributed by atoms with Gasteiger partial charge in [0, 0.05) is 86.2 Å². The first-order valence-corrected chi connectivity index (χ1v) is 27.5. The van der Waals surface area contributed by atoms with E-state index in [-0.39, 0.29) is 42.2 Å². The predicted molar refractivity (Wildman–Crippen MR) is 295 cm³/mol. The molecule has 8 atom stereocenters. The standard InChI is InChI=1S/2C19H28N2O5P.C6H5NO2S.C6H7NS.2O2/c2*1-14(2)11-20-12-18-17(10-15-6-4-3-5-7-15)21(27(23)26-18)19(22)25-16-8-9-24-13-16;8-7(9)5-1-3-6(10)4-2-5;7-5-1-3-6(8)4-2-5;2*1-2/h2*3-7,14,16-18,20H,8-13H2,1-2H3;1-4,10H;1-4,8H,7H2;;/q2*+1;;;;/t2*16-,17-,18+;;;;/m00..../s1. The molecule has 0 aliphatic carbocycles. The van der Waals surface area contributed by atoms with Crippen LogP contribution in [0.2, 0.25) is 0 Å². The number of nitro benzene ring substituents is 1. The van der Waals surface area contributed by atoms with Gasteiger partial charge in [-0.15, -0.1) is 34.3 Å². The van der Waals surface area contributed by atoms with Crippen molar-refractivity contribution in [3.05, 3.63) is 150 Å². The number of carbonyl (C=O) groups is 2. The van der Waals surface area contributed by atoms with Crippen LogP contribution in [-0.4, -0.2) is 116 Å². The molecular formula is C50H68N6O16P2S2+2. The fourth-order valence-corrected chi connectivity index (χ4v) is 10.3. The normalized spacial score (nSPS) is 21.3. The van der Waals surface area contributed by atoms with Crippen molar-refractivity contribution in [3.63, 3.8) is 0 Å². The second-order valence-electron chi connectivity index (χ2n) is 18.2. The van der Waals surface area contributed by atoms with E-state index in [2.05, 4.69) is 63.6 Å². The molecule has 4 aliphatic heterocycles. The Bertz CT molecular complexity index is 2210. The Morgan fingerprint density at radius 1 is 0.658 bits per heavy atom. The topological polar surface area (TPSA) is 292 Å². The van der Waals surface area contributed by atoms with Crippen LogP contribution in [0.3, 0.4) is 0 Å². The van der Waals surface area contributed by atoms with Crippen LogP contribution in [0.5, 0.6) is 0 Å². The minimum absolute atomic E-state index is 0.0952. The lowest BCUT2D eigenvalue weighted by Crippen LogP contribution is -2.44. The molecule has 4 aromatic rings. The van der Waals surface area contributed by atoms with Crippen LogP contribution in [0.4, 0.5) is 21.0 Å². The average molecular weight is 1140 g/mol. The highest BCUT2D eigenvalue weighted by molar-refractivity contribution is 7.80. The van der Waals surface area contributed by atoms with Crippen molar-refractivity contribution in [1.29, 1.82) is 0 Å². The number of nitro groups is 1. The van der Waals surface area contributed by atoms with Crippen molar-refractivity contribution in [3.8, 4) is 0 Å². The van der Waals surface area contributed by atoms with Crippen molar-refractivity contribution in [1.82, 2.24) is 20.0 Å². The van der Waals surface area contributed by atoms with Crippen molar-refractivity contribution in [2.24, 2.45) is 11.8 Å². The third kappa shape index (κ3) is 23.0. The van der Waals surface area contributed by atoms with Crippen molar-refractivity contribution >= 4 is 65.2 Å². The van der Waals surface area contributed by atoms with E-state index in [4.69, 9.17) is 53.6 Å². The van der Waals surface area contributed by atoms with Crippen LogP contribution >= 0.6 is 41.6 Å². The summed E-state index contributed by atoms with van der Waals surface area (Å²) < 4.78 is 60.6. The molecule has 0 bridgehead atoms. The number of non-ortho nitro benzene ring substituents is 1. The van der Waals surface area contributed by atoms with Gasteiger partial charge in [-0.2, -0.15) is 0 Å². The van der Waals surface area contributed by atoms with Crippen LogP contribution in [0.15, 0.2) is 119 Å². The molecule has 0 spiro atoms. The number of carbonyl (C=O) groups excluding carboxylic acids is 2. The zero-order valence-corrected chi connectivity index (χ0v) is 46.3. The molecule has 4 aromatic carbocycles. The Morgan fingerprint density at radius 3 is 1.34 bits per heavy atom. The van der Waals surface area contributed by atoms with Crippen molar-refractivity contribution in [2.75, 3.05) is 58.3 Å². The molecule has 4 aliphatic rings. The van der Waals surface area contributed by atoms with Crippen molar-refractivity contribution in [2.45, 2.75) is 99.7 Å². The number of nitrogens with one attached hydrogen (secondary N) is 2. The molecule has 4 heterocycles. The lowest BCUT2D eigenvalue weighted by Gasteiger charge is -2.20. The zero-order valence-electron chi connectivity index (χ0n) is 42.7. The summed E-state index contributed by atoms with van der Waals surface area (Å²) in [5, 5.41) is 16.8. The minimum atomic E-state index is -2.27. The Hall–Kier alpha value is -5.52. The van der Waals surface area contributed by atoms with E-state index in [1.807, 2.05) is 84.9 Å². The fourth-order valence-electron chi connectivity index (χ4n) is 7.61. The highest BCUT2D eigenvalue weighted by atomic mass is 32.1. The number of hydrogen-bond donors (Lipinski definition) is 5. The second kappa shape index (κ2) is 35.7. The van der Waals surface area contributed by atoms with Gasteiger partial charge in [0.05, 0.1) is 31.4 Å². The quantitative estimate of drug-likeness (QED) is 0.0243. The van der Waals surface area contributed by atoms with Gasteiger partial charge in [0.2, 0.25) is 0 Å². The largest absolute Gasteiger partial charge is 0.652 e. The van der Waals surface area contributed by atoms with Crippen LogP contribution in [0.1, 0.15) is 51.7 Å². The van der Waals surface area contributed by atoms with E-state index in [0.29, 0.717) is 77.0 Å². The van der Waals surface area contributed by atoms with Crippen LogP contribution < -0.4 is 16.4 Å². The molecule has 26 heteroatoms. The number of thiol groups is 2. The van der Waals surface area contributed by atoms with E-state index in [1.165, 1.54) is 21.5 Å². The van der Waals surface area contributed by atoms with E-state index >= 15 is 0 Å². The summed E-state index contributed by atoms with van der Waals surface area (Å²) in [6.07, 6.45) is 0.0312. The maximum atomic E-state index is 12.7. The molecule has 4 N–H and O–H groups in total. The molecule has 2 amide bonds. The number of nitrogen functional groups attached to an aromatic ring is 1. The molecule has 22 nitrogen and oxygen atoms in total.